The molecular weight excluding hydrogens is 184 g/mol. The summed E-state index contributed by atoms with van der Waals surface area (Å²) < 4.78 is 0. The highest BCUT2D eigenvalue weighted by Crippen LogP contribution is 2.31. The van der Waals surface area contributed by atoms with Gasteiger partial charge in [0.25, 0.3) is 0 Å². The Morgan fingerprint density at radius 2 is 1.73 bits per heavy atom. The lowest BCUT2D eigenvalue weighted by atomic mass is 9.83. The van der Waals surface area contributed by atoms with Gasteiger partial charge >= 0.3 is 0 Å². The first kappa shape index (κ1) is 10.2. The van der Waals surface area contributed by atoms with E-state index in [9.17, 15) is 4.79 Å². The molecule has 1 unspecified atom stereocenters. The van der Waals surface area contributed by atoms with Gasteiger partial charge in [0.1, 0.15) is 0 Å². The van der Waals surface area contributed by atoms with Gasteiger partial charge in [-0.25, -0.2) is 0 Å². The molecule has 1 aromatic rings. The van der Waals surface area contributed by atoms with Gasteiger partial charge in [-0.1, -0.05) is 35.4 Å². The molecule has 0 N–H and O–H groups in total. The van der Waals surface area contributed by atoms with Crippen molar-refractivity contribution in [2.75, 3.05) is 0 Å². The zero-order valence-corrected chi connectivity index (χ0v) is 9.29. The highest BCUT2D eigenvalue weighted by Gasteiger charge is 2.19. The van der Waals surface area contributed by atoms with Gasteiger partial charge in [0, 0.05) is 6.42 Å². The molecule has 1 aromatic carbocycles. The van der Waals surface area contributed by atoms with Crippen molar-refractivity contribution in [3.05, 3.63) is 47.0 Å². The molecule has 1 nitrogen and oxygen atoms in total. The molecular formula is C14H16O. The largest absolute Gasteiger partial charge is 0.295 e. The van der Waals surface area contributed by atoms with Crippen LogP contribution in [0.3, 0.4) is 0 Å². The van der Waals surface area contributed by atoms with Gasteiger partial charge in [0.05, 0.1) is 0 Å². The Kier molecular flexibility index (Phi) is 2.72. The summed E-state index contributed by atoms with van der Waals surface area (Å²) in [4.78, 5) is 11.4. The highest BCUT2D eigenvalue weighted by molar-refractivity contribution is 5.91. The smallest absolute Gasteiger partial charge is 0.156 e. The molecule has 1 heteroatoms. The fourth-order valence-corrected chi connectivity index (χ4v) is 2.17. The van der Waals surface area contributed by atoms with E-state index in [1.54, 1.807) is 6.08 Å². The van der Waals surface area contributed by atoms with Gasteiger partial charge in [0.2, 0.25) is 0 Å². The Morgan fingerprint density at radius 1 is 1.07 bits per heavy atom. The van der Waals surface area contributed by atoms with Gasteiger partial charge in [-0.05, 0) is 37.8 Å². The second kappa shape index (κ2) is 4.01. The van der Waals surface area contributed by atoms with Crippen LogP contribution in [0.15, 0.2) is 35.9 Å². The Morgan fingerprint density at radius 3 is 2.33 bits per heavy atom. The number of carbonyl (C=O) groups excluding carboxylic acids is 1. The zero-order valence-electron chi connectivity index (χ0n) is 9.29. The lowest BCUT2D eigenvalue weighted by molar-refractivity contribution is -0.115. The summed E-state index contributed by atoms with van der Waals surface area (Å²) in [5.74, 6) is 0.660. The Bertz CT molecular complexity index is 398. The quantitative estimate of drug-likeness (QED) is 0.679. The molecule has 78 valence electrons. The molecule has 0 aromatic heterocycles. The molecule has 0 aliphatic heterocycles. The summed E-state index contributed by atoms with van der Waals surface area (Å²) in [7, 11) is 0. The molecule has 0 radical (unpaired) electrons. The van der Waals surface area contributed by atoms with Gasteiger partial charge in [-0.2, -0.15) is 0 Å². The van der Waals surface area contributed by atoms with E-state index in [-0.39, 0.29) is 5.78 Å². The van der Waals surface area contributed by atoms with Crippen molar-refractivity contribution >= 4 is 5.78 Å². The van der Waals surface area contributed by atoms with Crippen LogP contribution < -0.4 is 0 Å². The van der Waals surface area contributed by atoms with Crippen molar-refractivity contribution in [2.24, 2.45) is 0 Å². The SMILES string of the molecule is CC1=CC(=O)CC(c2ccc(C)cc2)C1. The third-order valence-electron chi connectivity index (χ3n) is 2.97. The van der Waals surface area contributed by atoms with E-state index in [0.717, 1.165) is 6.42 Å². The number of aryl methyl sites for hydroxylation is 1. The van der Waals surface area contributed by atoms with Crippen LogP contribution in [0.1, 0.15) is 36.8 Å². The van der Waals surface area contributed by atoms with Crippen molar-refractivity contribution in [1.82, 2.24) is 0 Å². The normalized spacial score (nSPS) is 21.3. The Balaban J connectivity index is 2.22. The lowest BCUT2D eigenvalue weighted by Gasteiger charge is -2.20. The molecule has 0 amide bonds. The van der Waals surface area contributed by atoms with Gasteiger partial charge < -0.3 is 0 Å². The standard InChI is InChI=1S/C14H16O/c1-10-3-5-12(6-4-10)13-7-11(2)8-14(15)9-13/h3-6,8,13H,7,9H2,1-2H3. The molecule has 0 saturated carbocycles. The number of carbonyl (C=O) groups is 1. The second-order valence-corrected chi connectivity index (χ2v) is 4.47. The molecule has 0 spiro atoms. The average molecular weight is 200 g/mol. The predicted octanol–water partition coefficient (Wildman–Crippen LogP) is 3.39. The van der Waals surface area contributed by atoms with Gasteiger partial charge in [-0.3, -0.25) is 4.79 Å². The average Bonchev–Trinajstić information content (AvgIpc) is 2.17. The highest BCUT2D eigenvalue weighted by atomic mass is 16.1. The van der Waals surface area contributed by atoms with E-state index in [1.807, 2.05) is 6.92 Å². The number of hydrogen-bond acceptors (Lipinski definition) is 1. The number of hydrogen-bond donors (Lipinski definition) is 0. The van der Waals surface area contributed by atoms with Gasteiger partial charge in [-0.15, -0.1) is 0 Å². The molecule has 2 rings (SSSR count). The van der Waals surface area contributed by atoms with Crippen LogP contribution in [0.2, 0.25) is 0 Å². The Hall–Kier alpha value is -1.37. The molecule has 15 heavy (non-hydrogen) atoms. The van der Waals surface area contributed by atoms with E-state index in [4.69, 9.17) is 0 Å². The molecule has 0 bridgehead atoms. The Labute approximate surface area is 90.8 Å². The van der Waals surface area contributed by atoms with Crippen molar-refractivity contribution in [3.63, 3.8) is 0 Å². The van der Waals surface area contributed by atoms with Crippen molar-refractivity contribution in [3.8, 4) is 0 Å². The summed E-state index contributed by atoms with van der Waals surface area (Å²) in [5.41, 5.74) is 3.77. The molecule has 1 atom stereocenters. The minimum Gasteiger partial charge on any atom is -0.295 e. The molecule has 0 fully saturated rings. The molecule has 1 aliphatic carbocycles. The maximum atomic E-state index is 11.4. The van der Waals surface area contributed by atoms with Crippen LogP contribution in [0.25, 0.3) is 0 Å². The monoisotopic (exact) mass is 200 g/mol. The minimum atomic E-state index is 0.268. The van der Waals surface area contributed by atoms with Crippen molar-refractivity contribution in [2.45, 2.75) is 32.6 Å². The van der Waals surface area contributed by atoms with E-state index in [1.165, 1.54) is 16.7 Å². The molecule has 0 saturated heterocycles. The maximum Gasteiger partial charge on any atom is 0.156 e. The summed E-state index contributed by atoms with van der Waals surface area (Å²) in [6.45, 7) is 4.12. The van der Waals surface area contributed by atoms with Gasteiger partial charge in [0.15, 0.2) is 5.78 Å². The van der Waals surface area contributed by atoms with E-state index < -0.39 is 0 Å². The summed E-state index contributed by atoms with van der Waals surface area (Å²) in [5, 5.41) is 0. The maximum absolute atomic E-state index is 11.4. The number of allylic oxidation sites excluding steroid dienone is 2. The summed E-state index contributed by atoms with van der Waals surface area (Å²) in [6.07, 6.45) is 3.47. The third-order valence-corrected chi connectivity index (χ3v) is 2.97. The minimum absolute atomic E-state index is 0.268. The van der Waals surface area contributed by atoms with Crippen LogP contribution in [0, 0.1) is 6.92 Å². The fourth-order valence-electron chi connectivity index (χ4n) is 2.17. The van der Waals surface area contributed by atoms with E-state index in [2.05, 4.69) is 31.2 Å². The first-order chi connectivity index (χ1) is 7.15. The van der Waals surface area contributed by atoms with Crippen LogP contribution in [-0.2, 0) is 4.79 Å². The van der Waals surface area contributed by atoms with Crippen molar-refractivity contribution < 1.29 is 4.79 Å². The molecule has 1 aliphatic rings. The first-order valence-corrected chi connectivity index (χ1v) is 5.42. The number of benzene rings is 1. The van der Waals surface area contributed by atoms with E-state index in [0.29, 0.717) is 12.3 Å². The number of rotatable bonds is 1. The third kappa shape index (κ3) is 2.35. The number of ketones is 1. The van der Waals surface area contributed by atoms with Crippen LogP contribution >= 0.6 is 0 Å². The van der Waals surface area contributed by atoms with Crippen LogP contribution in [-0.4, -0.2) is 5.78 Å². The summed E-state index contributed by atoms with van der Waals surface area (Å²) >= 11 is 0. The van der Waals surface area contributed by atoms with Crippen LogP contribution in [0.5, 0.6) is 0 Å². The second-order valence-electron chi connectivity index (χ2n) is 4.47. The predicted molar refractivity (Wildman–Crippen MR) is 61.9 cm³/mol. The lowest BCUT2D eigenvalue weighted by Crippen LogP contribution is -2.11. The first-order valence-electron chi connectivity index (χ1n) is 5.42. The van der Waals surface area contributed by atoms with Crippen molar-refractivity contribution in [1.29, 1.82) is 0 Å². The fraction of sp³-hybridized carbons (Fsp3) is 0.357. The molecule has 0 heterocycles. The topological polar surface area (TPSA) is 17.1 Å². The van der Waals surface area contributed by atoms with E-state index >= 15 is 0 Å². The zero-order chi connectivity index (χ0) is 10.8. The summed E-state index contributed by atoms with van der Waals surface area (Å²) in [6, 6.07) is 8.53. The van der Waals surface area contributed by atoms with Crippen LogP contribution in [0.4, 0.5) is 0 Å².